The second-order valence-electron chi connectivity index (χ2n) is 8.50. The Balaban J connectivity index is 1.74. The number of nitrogens with zero attached hydrogens (tertiary/aromatic N) is 1. The first-order chi connectivity index (χ1) is 15.6. The lowest BCUT2D eigenvalue weighted by atomic mass is 10.1. The molecule has 0 saturated heterocycles. The van der Waals surface area contributed by atoms with Gasteiger partial charge in [0.25, 0.3) is 5.91 Å². The first-order valence-corrected chi connectivity index (χ1v) is 10.8. The van der Waals surface area contributed by atoms with Crippen LogP contribution in [0.25, 0.3) is 11.0 Å². The van der Waals surface area contributed by atoms with Crippen LogP contribution in [0.1, 0.15) is 45.0 Å². The molecule has 1 aromatic heterocycles. The van der Waals surface area contributed by atoms with E-state index in [1.807, 2.05) is 18.2 Å². The fourth-order valence-electron chi connectivity index (χ4n) is 3.30. The van der Waals surface area contributed by atoms with Gasteiger partial charge in [0, 0.05) is 41.6 Å². The number of rotatable bonds is 6. The number of fused-ring (bicyclic) bond motifs is 1. The van der Waals surface area contributed by atoms with E-state index in [9.17, 15) is 14.4 Å². The Morgan fingerprint density at radius 2 is 1.55 bits per heavy atom. The number of benzene rings is 2. The van der Waals surface area contributed by atoms with Crippen LogP contribution in [-0.4, -0.2) is 30.7 Å². The summed E-state index contributed by atoms with van der Waals surface area (Å²) < 4.78 is 10.6. The van der Waals surface area contributed by atoms with Crippen LogP contribution in [0, 0.1) is 0 Å². The van der Waals surface area contributed by atoms with Gasteiger partial charge in [0.05, 0.1) is 0 Å². The zero-order chi connectivity index (χ0) is 24.2. The van der Waals surface area contributed by atoms with Crippen molar-refractivity contribution in [3.63, 3.8) is 0 Å². The minimum absolute atomic E-state index is 0.0888. The number of carbonyl (C=O) groups excluding carboxylic acids is 2. The van der Waals surface area contributed by atoms with Crippen molar-refractivity contribution in [2.75, 3.05) is 28.6 Å². The first kappa shape index (κ1) is 23.8. The lowest BCUT2D eigenvalue weighted by Crippen LogP contribution is -2.27. The Bertz CT molecular complexity index is 1210. The Hall–Kier alpha value is -3.81. The molecule has 0 atom stereocenters. The molecule has 2 aromatic carbocycles. The molecular weight excluding hydrogens is 422 g/mol. The summed E-state index contributed by atoms with van der Waals surface area (Å²) in [5, 5.41) is 5.96. The first-order valence-electron chi connectivity index (χ1n) is 10.8. The fourth-order valence-corrected chi connectivity index (χ4v) is 3.30. The molecule has 2 N–H and O–H groups in total. The summed E-state index contributed by atoms with van der Waals surface area (Å²) in [6, 6.07) is 13.6. The van der Waals surface area contributed by atoms with Crippen molar-refractivity contribution in [3.05, 3.63) is 64.5 Å². The molecular formula is C25H29N3O5. The highest BCUT2D eigenvalue weighted by atomic mass is 16.6. The monoisotopic (exact) mass is 451 g/mol. The molecule has 33 heavy (non-hydrogen) atoms. The normalized spacial score (nSPS) is 11.2. The molecule has 2 amide bonds. The van der Waals surface area contributed by atoms with Crippen molar-refractivity contribution in [2.24, 2.45) is 0 Å². The minimum Gasteiger partial charge on any atom is -0.444 e. The third-order valence-corrected chi connectivity index (χ3v) is 4.88. The SMILES string of the molecule is CCN(CC)c1ccc2cc(C(=O)Nc3ccc(NC(=O)OC(C)(C)C)cc3)c(=O)oc2c1. The van der Waals surface area contributed by atoms with E-state index in [4.69, 9.17) is 9.15 Å². The molecule has 0 aliphatic carbocycles. The Labute approximate surface area is 192 Å². The van der Waals surface area contributed by atoms with Crippen molar-refractivity contribution in [1.82, 2.24) is 0 Å². The third kappa shape index (κ3) is 6.12. The smallest absolute Gasteiger partial charge is 0.412 e. The molecule has 8 nitrogen and oxygen atoms in total. The molecule has 3 rings (SSSR count). The summed E-state index contributed by atoms with van der Waals surface area (Å²) >= 11 is 0. The van der Waals surface area contributed by atoms with Crippen LogP contribution >= 0.6 is 0 Å². The molecule has 0 aliphatic heterocycles. The number of hydrogen-bond donors (Lipinski definition) is 2. The third-order valence-electron chi connectivity index (χ3n) is 4.88. The van der Waals surface area contributed by atoms with E-state index in [1.54, 1.807) is 45.0 Å². The molecule has 8 heteroatoms. The van der Waals surface area contributed by atoms with Crippen LogP contribution in [0.5, 0.6) is 0 Å². The van der Waals surface area contributed by atoms with Crippen molar-refractivity contribution >= 4 is 40.0 Å². The minimum atomic E-state index is -0.708. The van der Waals surface area contributed by atoms with E-state index in [-0.39, 0.29) is 5.56 Å². The van der Waals surface area contributed by atoms with Crippen molar-refractivity contribution < 1.29 is 18.7 Å². The zero-order valence-corrected chi connectivity index (χ0v) is 19.5. The van der Waals surface area contributed by atoms with E-state index >= 15 is 0 Å². The quantitative estimate of drug-likeness (QED) is 0.497. The maximum absolute atomic E-state index is 12.7. The molecule has 0 unspecified atom stereocenters. The number of nitrogens with one attached hydrogen (secondary N) is 2. The van der Waals surface area contributed by atoms with E-state index in [2.05, 4.69) is 29.4 Å². The highest BCUT2D eigenvalue weighted by Gasteiger charge is 2.17. The predicted molar refractivity (Wildman–Crippen MR) is 130 cm³/mol. The highest BCUT2D eigenvalue weighted by Crippen LogP contribution is 2.22. The Morgan fingerprint density at radius 3 is 2.12 bits per heavy atom. The Kier molecular flexibility index (Phi) is 7.06. The van der Waals surface area contributed by atoms with Crippen LogP contribution in [-0.2, 0) is 4.74 Å². The molecule has 0 radical (unpaired) electrons. The van der Waals surface area contributed by atoms with E-state index in [1.165, 1.54) is 6.07 Å². The van der Waals surface area contributed by atoms with E-state index in [0.29, 0.717) is 22.3 Å². The molecule has 0 spiro atoms. The van der Waals surface area contributed by atoms with Crippen LogP contribution < -0.4 is 21.2 Å². The predicted octanol–water partition coefficient (Wildman–Crippen LogP) is 5.24. The highest BCUT2D eigenvalue weighted by molar-refractivity contribution is 6.05. The van der Waals surface area contributed by atoms with Crippen LogP contribution in [0.4, 0.5) is 21.9 Å². The molecule has 1 heterocycles. The molecule has 0 aliphatic rings. The van der Waals surface area contributed by atoms with Crippen molar-refractivity contribution in [1.29, 1.82) is 0 Å². The van der Waals surface area contributed by atoms with Gasteiger partial charge >= 0.3 is 11.7 Å². The lowest BCUT2D eigenvalue weighted by Gasteiger charge is -2.21. The summed E-state index contributed by atoms with van der Waals surface area (Å²) in [4.78, 5) is 39.2. The number of hydrogen-bond acceptors (Lipinski definition) is 6. The standard InChI is InChI=1S/C25H29N3O5/c1-6-28(7-2)19-13-8-16-14-20(23(30)32-21(16)15-19)22(29)26-17-9-11-18(12-10-17)27-24(31)33-25(3,4)5/h8-15H,6-7H2,1-5H3,(H,26,29)(H,27,31). The fraction of sp³-hybridized carbons (Fsp3) is 0.320. The summed E-state index contributed by atoms with van der Waals surface area (Å²) in [5.41, 5.74) is 0.953. The second kappa shape index (κ2) is 9.77. The molecule has 0 fully saturated rings. The molecule has 0 saturated carbocycles. The number of ether oxygens (including phenoxy) is 1. The number of anilines is 3. The van der Waals surface area contributed by atoms with Gasteiger partial charge in [-0.2, -0.15) is 0 Å². The average Bonchev–Trinajstić information content (AvgIpc) is 2.74. The van der Waals surface area contributed by atoms with Gasteiger partial charge in [0.2, 0.25) is 0 Å². The van der Waals surface area contributed by atoms with Crippen molar-refractivity contribution in [3.8, 4) is 0 Å². The van der Waals surface area contributed by atoms with E-state index in [0.717, 1.165) is 18.8 Å². The second-order valence-corrected chi connectivity index (χ2v) is 8.50. The van der Waals surface area contributed by atoms with Crippen molar-refractivity contribution in [2.45, 2.75) is 40.2 Å². The number of amides is 2. The van der Waals surface area contributed by atoms with Gasteiger partial charge in [0.15, 0.2) is 0 Å². The summed E-state index contributed by atoms with van der Waals surface area (Å²) in [7, 11) is 0. The Morgan fingerprint density at radius 1 is 0.939 bits per heavy atom. The summed E-state index contributed by atoms with van der Waals surface area (Å²) in [5.74, 6) is -0.577. The number of carbonyl (C=O) groups is 2. The average molecular weight is 452 g/mol. The maximum Gasteiger partial charge on any atom is 0.412 e. The zero-order valence-electron chi connectivity index (χ0n) is 19.5. The summed E-state index contributed by atoms with van der Waals surface area (Å²) in [6.07, 6.45) is -0.572. The van der Waals surface area contributed by atoms with Gasteiger partial charge in [-0.25, -0.2) is 9.59 Å². The van der Waals surface area contributed by atoms with E-state index < -0.39 is 23.2 Å². The van der Waals surface area contributed by atoms with Gasteiger partial charge < -0.3 is 19.4 Å². The van der Waals surface area contributed by atoms with Gasteiger partial charge in [0.1, 0.15) is 16.7 Å². The van der Waals surface area contributed by atoms with Crippen LogP contribution in [0.3, 0.4) is 0 Å². The van der Waals surface area contributed by atoms with Crippen LogP contribution in [0.2, 0.25) is 0 Å². The molecule has 3 aromatic rings. The van der Waals surface area contributed by atoms with Gasteiger partial charge in [-0.15, -0.1) is 0 Å². The lowest BCUT2D eigenvalue weighted by molar-refractivity contribution is 0.0635. The van der Waals surface area contributed by atoms with Gasteiger partial charge in [-0.05, 0) is 77.1 Å². The molecule has 174 valence electrons. The van der Waals surface area contributed by atoms with Crippen LogP contribution in [0.15, 0.2) is 57.7 Å². The topological polar surface area (TPSA) is 101 Å². The summed E-state index contributed by atoms with van der Waals surface area (Å²) in [6.45, 7) is 11.1. The molecule has 0 bridgehead atoms. The van der Waals surface area contributed by atoms with Gasteiger partial charge in [-0.3, -0.25) is 10.1 Å². The van der Waals surface area contributed by atoms with Gasteiger partial charge in [-0.1, -0.05) is 0 Å². The largest absolute Gasteiger partial charge is 0.444 e. The maximum atomic E-state index is 12.7.